The number of carbonyl (C=O) groups is 4. The zero-order valence-corrected chi connectivity index (χ0v) is 28.4. The molecule has 0 bridgehead atoms. The van der Waals surface area contributed by atoms with Crippen LogP contribution in [0.3, 0.4) is 0 Å². The Bertz CT molecular complexity index is 2850. The molecule has 0 atom stereocenters. The third kappa shape index (κ3) is 3.91. The van der Waals surface area contributed by atoms with Gasteiger partial charge in [0.15, 0.2) is 0 Å². The molecule has 7 aromatic carbocycles. The molecule has 9 aromatic rings. The predicted octanol–water partition coefficient (Wildman–Crippen LogP) is 9.48. The normalized spacial score (nSPS) is 14.0. The number of nitrogens with zero attached hydrogens (tertiary/aromatic N) is 4. The van der Waals surface area contributed by atoms with Crippen molar-refractivity contribution in [1.29, 1.82) is 0 Å². The van der Waals surface area contributed by atoms with Gasteiger partial charge in [0.05, 0.1) is 67.1 Å². The molecule has 0 unspecified atom stereocenters. The number of carbonyl (C=O) groups excluding carboxylic acids is 4. The summed E-state index contributed by atoms with van der Waals surface area (Å²) in [7, 11) is 0. The first-order chi connectivity index (χ1) is 26.5. The molecule has 0 aliphatic carbocycles. The second kappa shape index (κ2) is 11.0. The minimum atomic E-state index is -0.486. The summed E-state index contributed by atoms with van der Waals surface area (Å²) in [5.41, 5.74) is 6.50. The van der Waals surface area contributed by atoms with Crippen LogP contribution in [0.15, 0.2) is 158 Å². The van der Waals surface area contributed by atoms with Crippen molar-refractivity contribution < 1.29 is 19.2 Å². The first-order valence-corrected chi connectivity index (χ1v) is 17.6. The summed E-state index contributed by atoms with van der Waals surface area (Å²) in [6, 6.07) is 49.1. The molecule has 4 heterocycles. The van der Waals surface area contributed by atoms with E-state index < -0.39 is 23.6 Å². The first-order valence-electron chi connectivity index (χ1n) is 17.6. The van der Waals surface area contributed by atoms with Gasteiger partial charge in [0.1, 0.15) is 0 Å². The van der Waals surface area contributed by atoms with Crippen molar-refractivity contribution in [2.24, 2.45) is 0 Å². The maximum atomic E-state index is 14.5. The van der Waals surface area contributed by atoms with Crippen LogP contribution in [0.25, 0.3) is 55.0 Å². The highest BCUT2D eigenvalue weighted by Crippen LogP contribution is 2.41. The van der Waals surface area contributed by atoms with Crippen molar-refractivity contribution in [2.45, 2.75) is 0 Å². The zero-order chi connectivity index (χ0) is 36.2. The number of benzene rings is 7. The number of imide groups is 2. The van der Waals surface area contributed by atoms with Gasteiger partial charge in [-0.3, -0.25) is 19.2 Å². The van der Waals surface area contributed by atoms with Gasteiger partial charge in [-0.25, -0.2) is 9.80 Å². The Morgan fingerprint density at radius 2 is 0.648 bits per heavy atom. The highest BCUT2D eigenvalue weighted by Gasteiger charge is 2.42. The molecular formula is C46H26N4O4. The van der Waals surface area contributed by atoms with Gasteiger partial charge in [0.25, 0.3) is 23.6 Å². The lowest BCUT2D eigenvalue weighted by Gasteiger charge is -2.19. The first kappa shape index (κ1) is 30.1. The van der Waals surface area contributed by atoms with Gasteiger partial charge in [-0.05, 0) is 66.7 Å². The molecule has 0 N–H and O–H groups in total. The van der Waals surface area contributed by atoms with Gasteiger partial charge in [-0.1, -0.05) is 91.0 Å². The average molecular weight is 699 g/mol. The molecule has 0 saturated heterocycles. The highest BCUT2D eigenvalue weighted by molar-refractivity contribution is 6.37. The number of rotatable bonds is 4. The summed E-state index contributed by atoms with van der Waals surface area (Å²) < 4.78 is 4.06. The fraction of sp³-hybridized carbons (Fsp3) is 0. The smallest absolute Gasteiger partial charge is 0.268 e. The van der Waals surface area contributed by atoms with Crippen LogP contribution >= 0.6 is 0 Å². The van der Waals surface area contributed by atoms with Gasteiger partial charge in [-0.2, -0.15) is 0 Å². The zero-order valence-electron chi connectivity index (χ0n) is 28.4. The quantitative estimate of drug-likeness (QED) is 0.172. The van der Waals surface area contributed by atoms with Crippen molar-refractivity contribution in [2.75, 3.05) is 9.80 Å². The van der Waals surface area contributed by atoms with Crippen molar-refractivity contribution in [3.63, 3.8) is 0 Å². The van der Waals surface area contributed by atoms with Gasteiger partial charge < -0.3 is 9.13 Å². The highest BCUT2D eigenvalue weighted by atomic mass is 16.2. The number of amides is 4. The molecule has 54 heavy (non-hydrogen) atoms. The summed E-state index contributed by atoms with van der Waals surface area (Å²) >= 11 is 0. The average Bonchev–Trinajstić information content (AvgIpc) is 3.89. The third-order valence-electron chi connectivity index (χ3n) is 10.8. The molecule has 2 aliphatic heterocycles. The Kier molecular flexibility index (Phi) is 6.11. The van der Waals surface area contributed by atoms with E-state index in [9.17, 15) is 19.2 Å². The summed E-state index contributed by atoms with van der Waals surface area (Å²) in [6.07, 6.45) is 0. The number of aromatic nitrogens is 2. The van der Waals surface area contributed by atoms with E-state index in [1.54, 1.807) is 48.5 Å². The van der Waals surface area contributed by atoms with Crippen LogP contribution in [0.2, 0.25) is 0 Å². The van der Waals surface area contributed by atoms with E-state index >= 15 is 0 Å². The standard InChI is InChI=1S/C46H26N4O4/c51-43-33-18-10-24-39(49-35-20-5-1-14-29(35)30-15-2-6-21-36(30)49)41(33)45(53)47(43)27-12-9-13-28(26-27)48-44(52)34-19-11-25-40(42(34)46(48)54)50-37-22-7-3-16-31(37)32-17-4-8-23-38(32)50/h1-26H. The Balaban J connectivity index is 1.01. The molecule has 11 rings (SSSR count). The Morgan fingerprint density at radius 1 is 0.315 bits per heavy atom. The monoisotopic (exact) mass is 698 g/mol. The lowest BCUT2D eigenvalue weighted by atomic mass is 10.1. The predicted molar refractivity (Wildman–Crippen MR) is 210 cm³/mol. The number of anilines is 2. The molecule has 4 amide bonds. The number of hydrogen-bond donors (Lipinski definition) is 0. The second-order valence-electron chi connectivity index (χ2n) is 13.6. The molecule has 2 aliphatic rings. The molecule has 8 heteroatoms. The fourth-order valence-electron chi connectivity index (χ4n) is 8.51. The van der Waals surface area contributed by atoms with Crippen molar-refractivity contribution in [3.8, 4) is 11.4 Å². The van der Waals surface area contributed by atoms with Crippen molar-refractivity contribution in [1.82, 2.24) is 9.13 Å². The summed E-state index contributed by atoms with van der Waals surface area (Å²) in [4.78, 5) is 59.5. The van der Waals surface area contributed by atoms with Crippen LogP contribution in [0.4, 0.5) is 11.4 Å². The Hall–Kier alpha value is -7.58. The van der Waals surface area contributed by atoms with E-state index in [0.717, 1.165) is 53.4 Å². The molecule has 2 aromatic heterocycles. The van der Waals surface area contributed by atoms with E-state index in [1.165, 1.54) is 0 Å². The summed E-state index contributed by atoms with van der Waals surface area (Å²) in [5.74, 6) is -1.93. The molecule has 8 nitrogen and oxygen atoms in total. The minimum absolute atomic E-state index is 0.256. The largest absolute Gasteiger partial charge is 0.308 e. The Labute approximate surface area is 307 Å². The molecule has 0 saturated carbocycles. The lowest BCUT2D eigenvalue weighted by molar-refractivity contribution is 0.0912. The van der Waals surface area contributed by atoms with Gasteiger partial charge >= 0.3 is 0 Å². The van der Waals surface area contributed by atoms with Gasteiger partial charge in [0.2, 0.25) is 0 Å². The third-order valence-corrected chi connectivity index (χ3v) is 10.8. The molecule has 254 valence electrons. The molecule has 0 radical (unpaired) electrons. The maximum Gasteiger partial charge on any atom is 0.268 e. The van der Waals surface area contributed by atoms with Crippen LogP contribution in [0.5, 0.6) is 0 Å². The van der Waals surface area contributed by atoms with E-state index in [-0.39, 0.29) is 33.6 Å². The summed E-state index contributed by atoms with van der Waals surface area (Å²) in [6.45, 7) is 0. The number of para-hydroxylation sites is 4. The van der Waals surface area contributed by atoms with Crippen LogP contribution in [0, 0.1) is 0 Å². The van der Waals surface area contributed by atoms with E-state index in [0.29, 0.717) is 11.4 Å². The second-order valence-corrected chi connectivity index (χ2v) is 13.6. The van der Waals surface area contributed by atoms with E-state index in [4.69, 9.17) is 0 Å². The lowest BCUT2D eigenvalue weighted by Crippen LogP contribution is -2.32. The van der Waals surface area contributed by atoms with E-state index in [1.807, 2.05) is 118 Å². The Morgan fingerprint density at radius 3 is 1.02 bits per heavy atom. The van der Waals surface area contributed by atoms with Crippen molar-refractivity contribution >= 4 is 78.6 Å². The summed E-state index contributed by atoms with van der Waals surface area (Å²) in [5, 5.41) is 4.15. The van der Waals surface area contributed by atoms with Crippen LogP contribution < -0.4 is 9.80 Å². The van der Waals surface area contributed by atoms with E-state index in [2.05, 4.69) is 0 Å². The molecule has 0 spiro atoms. The topological polar surface area (TPSA) is 84.6 Å². The minimum Gasteiger partial charge on any atom is -0.308 e. The number of hydrogen-bond acceptors (Lipinski definition) is 4. The van der Waals surface area contributed by atoms with Crippen molar-refractivity contribution in [3.05, 3.63) is 180 Å². The number of fused-ring (bicyclic) bond motifs is 8. The molecule has 0 fully saturated rings. The SMILES string of the molecule is O=C1c2cccc(-n3c4ccccc4c4ccccc43)c2C(=O)N1c1cccc(N2C(=O)c3cccc(-n4c5ccccc5c5ccccc54)c3C2=O)c1. The van der Waals surface area contributed by atoms with Gasteiger partial charge in [0, 0.05) is 21.5 Å². The van der Waals surface area contributed by atoms with Crippen LogP contribution in [0.1, 0.15) is 41.4 Å². The fourth-order valence-corrected chi connectivity index (χ4v) is 8.51. The maximum absolute atomic E-state index is 14.5. The van der Waals surface area contributed by atoms with Gasteiger partial charge in [-0.15, -0.1) is 0 Å². The van der Waals surface area contributed by atoms with Crippen LogP contribution in [-0.4, -0.2) is 32.8 Å². The van der Waals surface area contributed by atoms with Crippen LogP contribution in [-0.2, 0) is 0 Å². The molecular weight excluding hydrogens is 673 g/mol.